The summed E-state index contributed by atoms with van der Waals surface area (Å²) in [6.07, 6.45) is -0.966. The Labute approximate surface area is 264 Å². The van der Waals surface area contributed by atoms with Crippen LogP contribution < -0.4 is 38.1 Å². The minimum atomic E-state index is -2.22. The molecule has 5 amide bonds. The number of aliphatic carboxylic acids is 2. The van der Waals surface area contributed by atoms with Gasteiger partial charge in [-0.2, -0.15) is 0 Å². The van der Waals surface area contributed by atoms with Crippen LogP contribution in [0.4, 0.5) is 0 Å². The second kappa shape index (κ2) is 17.9. The number of phenolic OH excluding ortho intramolecular Hbond substituents is 1. The summed E-state index contributed by atoms with van der Waals surface area (Å²) in [4.78, 5) is 91.6. The average molecular weight is 669 g/mol. The molecular formula is C26H36N8O11S. The topological polar surface area (TPSA) is 322 Å². The smallest absolute Gasteiger partial charge is 0.327 e. The van der Waals surface area contributed by atoms with Crippen molar-refractivity contribution in [1.29, 1.82) is 0 Å². The molecule has 5 atom stereocenters. The number of rotatable bonds is 9. The first-order chi connectivity index (χ1) is 21.6. The molecule has 1 aromatic carbocycles. The Kier molecular flexibility index (Phi) is 14.4. The molecule has 1 aliphatic rings. The Morgan fingerprint density at radius 2 is 1.50 bits per heavy atom. The van der Waals surface area contributed by atoms with Crippen molar-refractivity contribution in [3.8, 4) is 5.75 Å². The van der Waals surface area contributed by atoms with E-state index < -0.39 is 101 Å². The molecule has 252 valence electrons. The lowest BCUT2D eigenvalue weighted by Crippen LogP contribution is -2.57. The van der Waals surface area contributed by atoms with Gasteiger partial charge in [0.05, 0.1) is 18.7 Å². The summed E-state index contributed by atoms with van der Waals surface area (Å²) in [6.45, 7) is -0.701. The van der Waals surface area contributed by atoms with Gasteiger partial charge in [0.1, 0.15) is 35.7 Å². The number of carbonyl (C=O) groups excluding carboxylic acids is 5. The van der Waals surface area contributed by atoms with Gasteiger partial charge in [0.2, 0.25) is 29.5 Å². The van der Waals surface area contributed by atoms with Gasteiger partial charge in [0.25, 0.3) is 0 Å². The molecule has 1 saturated heterocycles. The van der Waals surface area contributed by atoms with Gasteiger partial charge in [-0.15, -0.1) is 0 Å². The van der Waals surface area contributed by atoms with Crippen LogP contribution in [0.5, 0.6) is 5.75 Å². The van der Waals surface area contributed by atoms with Crippen LogP contribution in [0, 0.1) is 0 Å². The SMILES string of the molecule is NC(N)=NCCC[C@@H]1NC(=O)C(Cc2ccc(O)cc2)NC(=O)CS(=O)CC(C(=O)O)NC(=O)[C@H](CC(=O)O)NC(=O)CNC1=O. The third kappa shape index (κ3) is 13.2. The Hall–Kier alpha value is -5.27. The number of nitrogens with one attached hydrogen (secondary N) is 5. The van der Waals surface area contributed by atoms with E-state index in [2.05, 4.69) is 26.3 Å². The van der Waals surface area contributed by atoms with E-state index in [0.29, 0.717) is 5.56 Å². The van der Waals surface area contributed by atoms with Gasteiger partial charge in [-0.25, -0.2) is 4.79 Å². The Morgan fingerprint density at radius 1 is 0.870 bits per heavy atom. The fourth-order valence-corrected chi connectivity index (χ4v) is 5.21. The van der Waals surface area contributed by atoms with Crippen molar-refractivity contribution in [2.45, 2.75) is 49.9 Å². The lowest BCUT2D eigenvalue weighted by atomic mass is 10.0. The third-order valence-corrected chi connectivity index (χ3v) is 7.61. The van der Waals surface area contributed by atoms with Crippen LogP contribution >= 0.6 is 0 Å². The highest BCUT2D eigenvalue weighted by atomic mass is 32.2. The molecule has 2 rings (SSSR count). The first kappa shape index (κ1) is 36.9. The summed E-state index contributed by atoms with van der Waals surface area (Å²) in [7, 11) is -2.22. The molecule has 1 fully saturated rings. The molecule has 0 radical (unpaired) electrons. The zero-order valence-electron chi connectivity index (χ0n) is 24.4. The number of hydrogen-bond donors (Lipinski definition) is 10. The van der Waals surface area contributed by atoms with Crippen molar-refractivity contribution >= 4 is 58.2 Å². The van der Waals surface area contributed by atoms with Crippen LogP contribution in [-0.4, -0.2) is 116 Å². The van der Waals surface area contributed by atoms with E-state index in [1.54, 1.807) is 0 Å². The second-order valence-corrected chi connectivity index (χ2v) is 11.6. The van der Waals surface area contributed by atoms with Gasteiger partial charge >= 0.3 is 11.9 Å². The summed E-state index contributed by atoms with van der Waals surface area (Å²) in [6, 6.07) is -0.622. The van der Waals surface area contributed by atoms with Gasteiger partial charge in [-0.1, -0.05) is 12.1 Å². The molecule has 0 spiro atoms. The zero-order chi connectivity index (χ0) is 34.4. The van der Waals surface area contributed by atoms with E-state index in [1.807, 2.05) is 5.32 Å². The molecule has 1 heterocycles. The predicted octanol–water partition coefficient (Wildman–Crippen LogP) is -4.63. The van der Waals surface area contributed by atoms with Crippen LogP contribution in [0.3, 0.4) is 0 Å². The van der Waals surface area contributed by atoms with E-state index in [1.165, 1.54) is 24.3 Å². The molecule has 0 aliphatic carbocycles. The number of hydrogen-bond acceptors (Lipinski definition) is 10. The lowest BCUT2D eigenvalue weighted by molar-refractivity contribution is -0.143. The van der Waals surface area contributed by atoms with Gasteiger partial charge in [-0.3, -0.25) is 38.0 Å². The predicted molar refractivity (Wildman–Crippen MR) is 160 cm³/mol. The average Bonchev–Trinajstić information content (AvgIpc) is 2.96. The number of guanidine groups is 1. The highest BCUT2D eigenvalue weighted by Gasteiger charge is 2.32. The normalized spacial score (nSPS) is 23.7. The van der Waals surface area contributed by atoms with Crippen LogP contribution in [0.2, 0.25) is 0 Å². The number of nitrogens with two attached hydrogens (primary N) is 2. The van der Waals surface area contributed by atoms with E-state index in [0.717, 1.165) is 0 Å². The fraction of sp³-hybridized carbons (Fsp3) is 0.462. The van der Waals surface area contributed by atoms with Crippen molar-refractivity contribution in [2.24, 2.45) is 16.5 Å². The molecule has 1 aliphatic heterocycles. The van der Waals surface area contributed by atoms with E-state index in [-0.39, 0.29) is 37.5 Å². The summed E-state index contributed by atoms with van der Waals surface area (Å²) in [5, 5.41) is 39.6. The minimum Gasteiger partial charge on any atom is -0.508 e. The first-order valence-electron chi connectivity index (χ1n) is 13.7. The second-order valence-electron chi connectivity index (χ2n) is 10.1. The minimum absolute atomic E-state index is 0.0412. The quantitative estimate of drug-likeness (QED) is 0.0673. The molecule has 0 aromatic heterocycles. The number of carbonyl (C=O) groups is 7. The molecule has 46 heavy (non-hydrogen) atoms. The van der Waals surface area contributed by atoms with E-state index in [9.17, 15) is 53.1 Å². The standard InChI is InChI=1S/C26H36N8O11S/c27-26(28)29-7-1-2-15-22(40)30-10-19(36)31-17(9-21(38)39)24(42)34-18(25(43)44)11-46(45)12-20(37)32-16(23(41)33-15)8-13-3-5-14(35)6-4-13/h3-6,15-18,35H,1-2,7-12H2,(H,30,40)(H,31,36)(H,32,37)(H,33,41)(H,34,42)(H,38,39)(H,43,44)(H4,27,28,29)/t15-,16?,17-,18?,46?/m0/s1. The molecular weight excluding hydrogens is 632 g/mol. The number of phenols is 1. The highest BCUT2D eigenvalue weighted by Crippen LogP contribution is 2.12. The van der Waals surface area contributed by atoms with Crippen LogP contribution in [0.15, 0.2) is 29.3 Å². The van der Waals surface area contributed by atoms with Crippen molar-refractivity contribution in [2.75, 3.05) is 24.6 Å². The van der Waals surface area contributed by atoms with E-state index in [4.69, 9.17) is 11.5 Å². The van der Waals surface area contributed by atoms with Crippen molar-refractivity contribution in [3.05, 3.63) is 29.8 Å². The largest absolute Gasteiger partial charge is 0.508 e. The summed E-state index contributed by atoms with van der Waals surface area (Å²) < 4.78 is 12.8. The maximum atomic E-state index is 13.4. The highest BCUT2D eigenvalue weighted by molar-refractivity contribution is 7.85. The Balaban J connectivity index is 2.42. The van der Waals surface area contributed by atoms with Crippen molar-refractivity contribution in [3.63, 3.8) is 0 Å². The number of aliphatic imine (C=N–C) groups is 1. The van der Waals surface area contributed by atoms with Crippen molar-refractivity contribution < 1.29 is 53.1 Å². The number of carboxylic acids is 2. The molecule has 0 bridgehead atoms. The number of benzene rings is 1. The maximum absolute atomic E-state index is 13.4. The molecule has 1 aromatic rings. The zero-order valence-corrected chi connectivity index (χ0v) is 25.2. The van der Waals surface area contributed by atoms with Gasteiger partial charge < -0.3 is 53.4 Å². The van der Waals surface area contributed by atoms with Crippen LogP contribution in [0.1, 0.15) is 24.8 Å². The van der Waals surface area contributed by atoms with Crippen LogP contribution in [-0.2, 0) is 50.8 Å². The molecule has 0 saturated carbocycles. The number of nitrogens with zero attached hydrogens (tertiary/aromatic N) is 1. The van der Waals surface area contributed by atoms with Gasteiger partial charge in [0.15, 0.2) is 5.96 Å². The fourth-order valence-electron chi connectivity index (χ4n) is 4.12. The number of carboxylic acid groups (broad SMARTS) is 2. The van der Waals surface area contributed by atoms with Crippen LogP contribution in [0.25, 0.3) is 0 Å². The van der Waals surface area contributed by atoms with Crippen molar-refractivity contribution in [1.82, 2.24) is 26.6 Å². The molecule has 3 unspecified atom stereocenters. The summed E-state index contributed by atoms with van der Waals surface area (Å²) in [5.74, 6) is -9.91. The molecule has 12 N–H and O–H groups in total. The van der Waals surface area contributed by atoms with Gasteiger partial charge in [-0.05, 0) is 30.5 Å². The molecule has 19 nitrogen and oxygen atoms in total. The first-order valence-corrected chi connectivity index (χ1v) is 15.2. The monoisotopic (exact) mass is 668 g/mol. The number of aromatic hydroxyl groups is 1. The van der Waals surface area contributed by atoms with Gasteiger partial charge in [0, 0.05) is 23.8 Å². The summed E-state index contributed by atoms with van der Waals surface area (Å²) in [5.41, 5.74) is 11.1. The lowest BCUT2D eigenvalue weighted by Gasteiger charge is -2.24. The summed E-state index contributed by atoms with van der Waals surface area (Å²) >= 11 is 0. The Bertz CT molecular complexity index is 1370. The molecule has 20 heteroatoms. The Morgan fingerprint density at radius 3 is 2.11 bits per heavy atom. The number of amides is 5. The third-order valence-electron chi connectivity index (χ3n) is 6.32. The maximum Gasteiger partial charge on any atom is 0.327 e. The van der Waals surface area contributed by atoms with E-state index >= 15 is 0 Å².